The second-order valence-corrected chi connectivity index (χ2v) is 4.46. The minimum atomic E-state index is -0.188. The lowest BCUT2D eigenvalue weighted by molar-refractivity contribution is -0.118. The summed E-state index contributed by atoms with van der Waals surface area (Å²) in [6.07, 6.45) is 4.76. The second kappa shape index (κ2) is 6.31. The summed E-state index contributed by atoms with van der Waals surface area (Å²) in [5, 5.41) is 0. The number of carbonyl (C=O) groups excluding carboxylic acids is 1. The molecule has 88 valence electrons. The highest BCUT2D eigenvalue weighted by molar-refractivity contribution is 5.73. The maximum Gasteiger partial charge on any atom is 0.217 e. The first-order valence-electron chi connectivity index (χ1n) is 5.94. The van der Waals surface area contributed by atoms with Gasteiger partial charge in [0.2, 0.25) is 5.91 Å². The molecule has 0 atom stereocenters. The zero-order valence-electron chi connectivity index (χ0n) is 10.3. The molecule has 0 unspecified atom stereocenters. The summed E-state index contributed by atoms with van der Waals surface area (Å²) in [6, 6.07) is 6.57. The third-order valence-corrected chi connectivity index (χ3v) is 2.87. The minimum Gasteiger partial charge on any atom is -0.370 e. The molecule has 0 radical (unpaired) electrons. The highest BCUT2D eigenvalue weighted by atomic mass is 16.1. The second-order valence-electron chi connectivity index (χ2n) is 4.46. The molecule has 0 saturated heterocycles. The molecule has 1 amide bonds. The first-order valence-corrected chi connectivity index (χ1v) is 5.94. The first-order chi connectivity index (χ1) is 7.59. The molecule has 0 heterocycles. The van der Waals surface area contributed by atoms with E-state index in [1.54, 1.807) is 0 Å². The number of hydrogen-bond donors (Lipinski definition) is 1. The summed E-state index contributed by atoms with van der Waals surface area (Å²) in [7, 11) is 0. The summed E-state index contributed by atoms with van der Waals surface area (Å²) >= 11 is 0. The Morgan fingerprint density at radius 1 is 1.19 bits per heavy atom. The van der Waals surface area contributed by atoms with Crippen molar-refractivity contribution in [1.29, 1.82) is 0 Å². The molecule has 1 rings (SSSR count). The van der Waals surface area contributed by atoms with E-state index < -0.39 is 0 Å². The monoisotopic (exact) mass is 219 g/mol. The molecule has 2 N–H and O–H groups in total. The Morgan fingerprint density at radius 3 is 2.62 bits per heavy atom. The minimum absolute atomic E-state index is 0.188. The number of primary amides is 1. The SMILES string of the molecule is Cc1ccc(C)c(CCCCCC(N)=O)c1. The van der Waals surface area contributed by atoms with Crippen molar-refractivity contribution >= 4 is 5.91 Å². The van der Waals surface area contributed by atoms with Crippen molar-refractivity contribution < 1.29 is 4.79 Å². The van der Waals surface area contributed by atoms with Gasteiger partial charge >= 0.3 is 0 Å². The molecule has 0 spiro atoms. The topological polar surface area (TPSA) is 43.1 Å². The third kappa shape index (κ3) is 4.47. The van der Waals surface area contributed by atoms with Crippen molar-refractivity contribution in [1.82, 2.24) is 0 Å². The van der Waals surface area contributed by atoms with Gasteiger partial charge in [0.05, 0.1) is 0 Å². The molecule has 0 aliphatic heterocycles. The maximum absolute atomic E-state index is 10.6. The normalized spacial score (nSPS) is 10.4. The number of rotatable bonds is 6. The van der Waals surface area contributed by atoms with Gasteiger partial charge in [-0.25, -0.2) is 0 Å². The van der Waals surface area contributed by atoms with Crippen LogP contribution < -0.4 is 5.73 Å². The number of amides is 1. The van der Waals surface area contributed by atoms with Crippen molar-refractivity contribution in [3.05, 3.63) is 34.9 Å². The Kier molecular flexibility index (Phi) is 5.03. The summed E-state index contributed by atoms with van der Waals surface area (Å²) in [4.78, 5) is 10.6. The van der Waals surface area contributed by atoms with Crippen LogP contribution in [-0.4, -0.2) is 5.91 Å². The van der Waals surface area contributed by atoms with Gasteiger partial charge in [-0.05, 0) is 44.2 Å². The standard InChI is InChI=1S/C14H21NO/c1-11-8-9-12(2)13(10-11)6-4-3-5-7-14(15)16/h8-10H,3-7H2,1-2H3,(H2,15,16). The van der Waals surface area contributed by atoms with Crippen LogP contribution in [0.1, 0.15) is 42.4 Å². The number of aryl methyl sites for hydroxylation is 3. The van der Waals surface area contributed by atoms with Crippen LogP contribution in [0.3, 0.4) is 0 Å². The zero-order valence-corrected chi connectivity index (χ0v) is 10.3. The van der Waals surface area contributed by atoms with Crippen LogP contribution in [0.4, 0.5) is 0 Å². The van der Waals surface area contributed by atoms with Crippen molar-refractivity contribution in [2.75, 3.05) is 0 Å². The van der Waals surface area contributed by atoms with Gasteiger partial charge in [-0.1, -0.05) is 30.2 Å². The molecule has 0 aliphatic carbocycles. The van der Waals surface area contributed by atoms with Crippen LogP contribution in [0.25, 0.3) is 0 Å². The van der Waals surface area contributed by atoms with E-state index in [-0.39, 0.29) is 5.91 Å². The Hall–Kier alpha value is -1.31. The van der Waals surface area contributed by atoms with Crippen LogP contribution in [0.5, 0.6) is 0 Å². The fourth-order valence-electron chi connectivity index (χ4n) is 1.86. The Morgan fingerprint density at radius 2 is 1.94 bits per heavy atom. The van der Waals surface area contributed by atoms with Gasteiger partial charge in [0.1, 0.15) is 0 Å². The van der Waals surface area contributed by atoms with E-state index >= 15 is 0 Å². The van der Waals surface area contributed by atoms with Gasteiger partial charge < -0.3 is 5.73 Å². The maximum atomic E-state index is 10.6. The van der Waals surface area contributed by atoms with E-state index in [2.05, 4.69) is 32.0 Å². The zero-order chi connectivity index (χ0) is 12.0. The quantitative estimate of drug-likeness (QED) is 0.734. The van der Waals surface area contributed by atoms with Gasteiger partial charge in [0, 0.05) is 6.42 Å². The van der Waals surface area contributed by atoms with Crippen molar-refractivity contribution in [2.24, 2.45) is 5.73 Å². The van der Waals surface area contributed by atoms with Crippen LogP contribution in [0, 0.1) is 13.8 Å². The lowest BCUT2D eigenvalue weighted by Gasteiger charge is -2.06. The molecule has 0 aromatic heterocycles. The number of benzene rings is 1. The Balaban J connectivity index is 2.31. The van der Waals surface area contributed by atoms with Crippen molar-refractivity contribution in [3.63, 3.8) is 0 Å². The third-order valence-electron chi connectivity index (χ3n) is 2.87. The Bertz CT molecular complexity index is 358. The summed E-state index contributed by atoms with van der Waals surface area (Å²) in [5.74, 6) is -0.188. The first kappa shape index (κ1) is 12.8. The highest BCUT2D eigenvalue weighted by Crippen LogP contribution is 2.14. The van der Waals surface area contributed by atoms with Gasteiger partial charge in [-0.3, -0.25) is 4.79 Å². The average Bonchev–Trinajstić information content (AvgIpc) is 2.22. The van der Waals surface area contributed by atoms with E-state index in [9.17, 15) is 4.79 Å². The molecule has 0 fully saturated rings. The number of carbonyl (C=O) groups is 1. The smallest absolute Gasteiger partial charge is 0.217 e. The summed E-state index contributed by atoms with van der Waals surface area (Å²) in [5.41, 5.74) is 9.20. The van der Waals surface area contributed by atoms with Crippen molar-refractivity contribution in [2.45, 2.75) is 46.0 Å². The lowest BCUT2D eigenvalue weighted by atomic mass is 10.00. The van der Waals surface area contributed by atoms with Gasteiger partial charge in [-0.15, -0.1) is 0 Å². The average molecular weight is 219 g/mol. The molecule has 16 heavy (non-hydrogen) atoms. The lowest BCUT2D eigenvalue weighted by Crippen LogP contribution is -2.09. The molecule has 2 heteroatoms. The predicted molar refractivity (Wildman–Crippen MR) is 67.3 cm³/mol. The molecule has 1 aromatic rings. The molecule has 0 bridgehead atoms. The van der Waals surface area contributed by atoms with E-state index in [4.69, 9.17) is 5.73 Å². The molecule has 0 aliphatic rings. The Labute approximate surface area is 97.9 Å². The molecule has 2 nitrogen and oxygen atoms in total. The molecule has 1 aromatic carbocycles. The van der Waals surface area contributed by atoms with E-state index in [0.717, 1.165) is 25.7 Å². The predicted octanol–water partition coefficient (Wildman–Crippen LogP) is 2.89. The van der Waals surface area contributed by atoms with Crippen LogP contribution in [0.15, 0.2) is 18.2 Å². The molecular weight excluding hydrogens is 198 g/mol. The van der Waals surface area contributed by atoms with E-state index in [0.29, 0.717) is 6.42 Å². The summed E-state index contributed by atoms with van der Waals surface area (Å²) in [6.45, 7) is 4.27. The van der Waals surface area contributed by atoms with Crippen LogP contribution >= 0.6 is 0 Å². The fourth-order valence-corrected chi connectivity index (χ4v) is 1.86. The molecular formula is C14H21NO. The van der Waals surface area contributed by atoms with Gasteiger partial charge in [-0.2, -0.15) is 0 Å². The summed E-state index contributed by atoms with van der Waals surface area (Å²) < 4.78 is 0. The largest absolute Gasteiger partial charge is 0.370 e. The molecule has 0 saturated carbocycles. The number of unbranched alkanes of at least 4 members (excludes halogenated alkanes) is 2. The van der Waals surface area contributed by atoms with E-state index in [1.807, 2.05) is 0 Å². The van der Waals surface area contributed by atoms with E-state index in [1.165, 1.54) is 16.7 Å². The van der Waals surface area contributed by atoms with Crippen LogP contribution in [0.2, 0.25) is 0 Å². The van der Waals surface area contributed by atoms with Crippen LogP contribution in [-0.2, 0) is 11.2 Å². The number of hydrogen-bond acceptors (Lipinski definition) is 1. The van der Waals surface area contributed by atoms with Gasteiger partial charge in [0.25, 0.3) is 0 Å². The number of nitrogens with two attached hydrogens (primary N) is 1. The van der Waals surface area contributed by atoms with Crippen molar-refractivity contribution in [3.8, 4) is 0 Å². The highest BCUT2D eigenvalue weighted by Gasteiger charge is 1.99. The van der Waals surface area contributed by atoms with Gasteiger partial charge in [0.15, 0.2) is 0 Å². The fraction of sp³-hybridized carbons (Fsp3) is 0.500.